The lowest BCUT2D eigenvalue weighted by molar-refractivity contribution is -0.139. The zero-order chi connectivity index (χ0) is 34.2. The minimum atomic E-state index is -4.37. The minimum absolute atomic E-state index is 0.229. The van der Waals surface area contributed by atoms with Gasteiger partial charge in [-0.3, -0.25) is 24.0 Å². The predicted octanol–water partition coefficient (Wildman–Crippen LogP) is 2.81. The van der Waals surface area contributed by atoms with Crippen LogP contribution in [-0.4, -0.2) is 60.6 Å². The molecule has 0 bridgehead atoms. The Balaban J connectivity index is 1.15. The summed E-state index contributed by atoms with van der Waals surface area (Å²) in [5.41, 5.74) is 0.209. The number of nitrogens with zero attached hydrogens (tertiary/aromatic N) is 6. The number of carboxylic acid groups (broad SMARTS) is 1. The molecule has 3 aromatic heterocycles. The van der Waals surface area contributed by atoms with Crippen LogP contribution in [0.4, 0.5) is 14.5 Å². The number of rotatable bonds is 10. The normalized spacial score (nSPS) is 12.1. The highest BCUT2D eigenvalue weighted by Gasteiger charge is 2.25. The van der Waals surface area contributed by atoms with E-state index in [4.69, 9.17) is 0 Å². The molecule has 0 aliphatic heterocycles. The van der Waals surface area contributed by atoms with Crippen LogP contribution in [0.15, 0.2) is 101 Å². The van der Waals surface area contributed by atoms with Crippen molar-refractivity contribution in [2.24, 2.45) is 7.05 Å². The van der Waals surface area contributed by atoms with Crippen LogP contribution in [0.1, 0.15) is 15.9 Å². The fraction of sp³-hybridized carbons (Fsp3) is 0.0968. The van der Waals surface area contributed by atoms with Gasteiger partial charge in [0.25, 0.3) is 21.5 Å². The summed E-state index contributed by atoms with van der Waals surface area (Å²) in [5.74, 6) is -5.24. The first-order valence-corrected chi connectivity index (χ1v) is 15.5. The lowest BCUT2D eigenvalue weighted by Gasteiger charge is -2.16. The highest BCUT2D eigenvalue weighted by atomic mass is 32.2. The topological polar surface area (TPSA) is 183 Å². The SMILES string of the molecule is Cn1c2cnccc2c(=O)n1-c1ccc(C[C@H](NC(=O)c2cc(F)c(NS(=O)(=O)c3ccc(-n4cncn4)cc3)cc2F)C(=O)O)cc1. The number of hydrogen-bond donors (Lipinski definition) is 3. The van der Waals surface area contributed by atoms with Gasteiger partial charge in [-0.05, 0) is 54.1 Å². The summed E-state index contributed by atoms with van der Waals surface area (Å²) in [4.78, 5) is 45.4. The van der Waals surface area contributed by atoms with Crippen molar-refractivity contribution in [2.45, 2.75) is 17.4 Å². The molecule has 3 N–H and O–H groups in total. The molecule has 17 heteroatoms. The van der Waals surface area contributed by atoms with Crippen molar-refractivity contribution in [1.82, 2.24) is 34.4 Å². The first kappa shape index (κ1) is 31.7. The molecule has 0 saturated carbocycles. The minimum Gasteiger partial charge on any atom is -0.480 e. The Kier molecular flexibility index (Phi) is 8.28. The second-order valence-electron chi connectivity index (χ2n) is 10.5. The van der Waals surface area contributed by atoms with Gasteiger partial charge in [0.2, 0.25) is 0 Å². The monoisotopic (exact) mass is 674 g/mol. The van der Waals surface area contributed by atoms with Gasteiger partial charge < -0.3 is 10.4 Å². The molecule has 0 saturated heterocycles. The number of aromatic nitrogens is 6. The maximum Gasteiger partial charge on any atom is 0.326 e. The van der Waals surface area contributed by atoms with Crippen molar-refractivity contribution in [3.63, 3.8) is 0 Å². The predicted molar refractivity (Wildman–Crippen MR) is 167 cm³/mol. The lowest BCUT2D eigenvalue weighted by Crippen LogP contribution is -2.42. The van der Waals surface area contributed by atoms with Crippen LogP contribution in [0.25, 0.3) is 22.3 Å². The van der Waals surface area contributed by atoms with E-state index in [1.54, 1.807) is 48.3 Å². The summed E-state index contributed by atoms with van der Waals surface area (Å²) in [7, 11) is -2.68. The number of amides is 1. The van der Waals surface area contributed by atoms with E-state index in [2.05, 4.69) is 20.4 Å². The molecule has 6 aromatic rings. The third kappa shape index (κ3) is 6.13. The molecule has 0 unspecified atom stereocenters. The van der Waals surface area contributed by atoms with E-state index >= 15 is 4.39 Å². The van der Waals surface area contributed by atoms with E-state index < -0.39 is 50.8 Å². The molecule has 3 aromatic carbocycles. The van der Waals surface area contributed by atoms with Crippen molar-refractivity contribution >= 4 is 38.5 Å². The van der Waals surface area contributed by atoms with Crippen molar-refractivity contribution in [1.29, 1.82) is 0 Å². The molecule has 6 rings (SSSR count). The van der Waals surface area contributed by atoms with Gasteiger partial charge in [0.05, 0.1) is 44.6 Å². The number of aryl methyl sites for hydroxylation is 1. The van der Waals surface area contributed by atoms with Gasteiger partial charge in [0, 0.05) is 25.7 Å². The molecule has 0 fully saturated rings. The standard InChI is InChI=1S/C31H24F2N8O6S/c1-39-28-15-34-11-10-22(28)30(43)41(39)20-4-2-18(3-5-20)12-27(31(44)45)37-29(42)23-13-25(33)26(14-24(23)32)38-48(46,47)21-8-6-19(7-9-21)40-17-35-16-36-40/h2-11,13-17,27,38H,12H2,1H3,(H,37,42)(H,44,45)/t27-/m0/s1. The zero-order valence-corrected chi connectivity index (χ0v) is 25.6. The number of aliphatic carboxylic acids is 1. The number of carboxylic acids is 1. The van der Waals surface area contributed by atoms with Gasteiger partial charge in [-0.1, -0.05) is 12.1 Å². The molecule has 0 aliphatic carbocycles. The van der Waals surface area contributed by atoms with Gasteiger partial charge in [-0.2, -0.15) is 5.10 Å². The van der Waals surface area contributed by atoms with E-state index in [-0.39, 0.29) is 16.9 Å². The average molecular weight is 675 g/mol. The lowest BCUT2D eigenvalue weighted by atomic mass is 10.0. The summed E-state index contributed by atoms with van der Waals surface area (Å²) in [6, 6.07) is 12.7. The molecule has 3 heterocycles. The van der Waals surface area contributed by atoms with Crippen LogP contribution in [0.2, 0.25) is 0 Å². The molecule has 1 atom stereocenters. The Bertz CT molecular complexity index is 2340. The molecule has 244 valence electrons. The molecule has 14 nitrogen and oxygen atoms in total. The average Bonchev–Trinajstić information content (AvgIpc) is 3.70. The van der Waals surface area contributed by atoms with Crippen LogP contribution < -0.4 is 15.6 Å². The Morgan fingerprint density at radius 3 is 2.31 bits per heavy atom. The highest BCUT2D eigenvalue weighted by Crippen LogP contribution is 2.24. The molecule has 1 amide bonds. The van der Waals surface area contributed by atoms with Crippen molar-refractivity contribution < 1.29 is 31.9 Å². The third-order valence-corrected chi connectivity index (χ3v) is 8.85. The number of nitrogens with one attached hydrogen (secondary N) is 2. The largest absolute Gasteiger partial charge is 0.480 e. The van der Waals surface area contributed by atoms with Gasteiger partial charge in [0.1, 0.15) is 30.3 Å². The van der Waals surface area contributed by atoms with Crippen LogP contribution in [0.5, 0.6) is 0 Å². The quantitative estimate of drug-likeness (QED) is 0.197. The van der Waals surface area contributed by atoms with E-state index in [1.807, 2.05) is 4.72 Å². The zero-order valence-electron chi connectivity index (χ0n) is 24.8. The Labute approximate surface area is 270 Å². The number of halogens is 2. The first-order chi connectivity index (χ1) is 22.9. The van der Waals surface area contributed by atoms with Crippen molar-refractivity contribution in [2.75, 3.05) is 4.72 Å². The highest BCUT2D eigenvalue weighted by molar-refractivity contribution is 7.92. The first-order valence-electron chi connectivity index (χ1n) is 14.0. The fourth-order valence-electron chi connectivity index (χ4n) is 5.04. The number of pyridine rings is 1. The number of carbonyl (C=O) groups is 2. The van der Waals surface area contributed by atoms with Crippen LogP contribution in [0.3, 0.4) is 0 Å². The molecule has 0 aliphatic rings. The number of carbonyl (C=O) groups excluding carboxylic acids is 1. The van der Waals surface area contributed by atoms with Crippen molar-refractivity contribution in [3.05, 3.63) is 125 Å². The summed E-state index contributed by atoms with van der Waals surface area (Å²) >= 11 is 0. The number of sulfonamides is 1. The van der Waals surface area contributed by atoms with Crippen LogP contribution >= 0.6 is 0 Å². The summed E-state index contributed by atoms with van der Waals surface area (Å²) in [6.45, 7) is 0. The maximum absolute atomic E-state index is 15.0. The molecule has 0 spiro atoms. The second kappa shape index (κ2) is 12.5. The summed E-state index contributed by atoms with van der Waals surface area (Å²) < 4.78 is 62.1. The second-order valence-corrected chi connectivity index (χ2v) is 12.2. The van der Waals surface area contributed by atoms with Crippen molar-refractivity contribution in [3.8, 4) is 11.4 Å². The van der Waals surface area contributed by atoms with E-state index in [1.165, 1.54) is 52.5 Å². The Morgan fingerprint density at radius 1 is 0.958 bits per heavy atom. The molecular weight excluding hydrogens is 650 g/mol. The maximum atomic E-state index is 15.0. The van der Waals surface area contributed by atoms with E-state index in [0.29, 0.717) is 40.0 Å². The van der Waals surface area contributed by atoms with E-state index in [9.17, 15) is 32.3 Å². The third-order valence-electron chi connectivity index (χ3n) is 7.47. The van der Waals surface area contributed by atoms with Gasteiger partial charge in [0.15, 0.2) is 0 Å². The van der Waals surface area contributed by atoms with E-state index in [0.717, 1.165) is 0 Å². The number of fused-ring (bicyclic) bond motifs is 1. The molecular formula is C31H24F2N8O6S. The Morgan fingerprint density at radius 2 is 1.67 bits per heavy atom. The van der Waals surface area contributed by atoms with Gasteiger partial charge >= 0.3 is 5.97 Å². The Hall–Kier alpha value is -6.23. The van der Waals surface area contributed by atoms with Gasteiger partial charge in [-0.15, -0.1) is 0 Å². The number of benzene rings is 3. The summed E-state index contributed by atoms with van der Waals surface area (Å²) in [6.07, 6.45) is 5.54. The van der Waals surface area contributed by atoms with Crippen LogP contribution in [-0.2, 0) is 28.3 Å². The molecule has 0 radical (unpaired) electrons. The van der Waals surface area contributed by atoms with Crippen LogP contribution in [0, 0.1) is 11.6 Å². The smallest absolute Gasteiger partial charge is 0.326 e. The molecule has 48 heavy (non-hydrogen) atoms. The fourth-order valence-corrected chi connectivity index (χ4v) is 6.10. The summed E-state index contributed by atoms with van der Waals surface area (Å²) in [5, 5.41) is 16.4. The number of hydrogen-bond acceptors (Lipinski definition) is 8. The number of anilines is 1. The van der Waals surface area contributed by atoms with Gasteiger partial charge in [-0.25, -0.2) is 36.3 Å².